The van der Waals surface area contributed by atoms with E-state index >= 15 is 0 Å². The molecule has 4 heteroatoms. The molecule has 1 heterocycles. The molecule has 0 saturated heterocycles. The Morgan fingerprint density at radius 2 is 1.89 bits per heavy atom. The SMILES string of the molecule is CCOC(CCSc1cc2ccccc2[nH]1)OCC. The predicted molar refractivity (Wildman–Crippen MR) is 80.7 cm³/mol. The van der Waals surface area contributed by atoms with Crippen LogP contribution >= 0.6 is 11.8 Å². The van der Waals surface area contributed by atoms with Crippen LogP contribution in [-0.2, 0) is 9.47 Å². The minimum atomic E-state index is -0.0770. The third kappa shape index (κ3) is 4.27. The van der Waals surface area contributed by atoms with Gasteiger partial charge in [0.25, 0.3) is 0 Å². The van der Waals surface area contributed by atoms with Gasteiger partial charge in [0.2, 0.25) is 0 Å². The molecule has 2 aromatic rings. The number of aromatic nitrogens is 1. The van der Waals surface area contributed by atoms with Crippen LogP contribution in [0.5, 0.6) is 0 Å². The number of H-pyrrole nitrogens is 1. The van der Waals surface area contributed by atoms with E-state index in [9.17, 15) is 0 Å². The van der Waals surface area contributed by atoms with Gasteiger partial charge in [-0.05, 0) is 26.0 Å². The van der Waals surface area contributed by atoms with Crippen LogP contribution in [0.25, 0.3) is 10.9 Å². The lowest BCUT2D eigenvalue weighted by Gasteiger charge is -2.16. The first-order valence-corrected chi connectivity index (χ1v) is 7.75. The van der Waals surface area contributed by atoms with Crippen molar-refractivity contribution in [3.63, 3.8) is 0 Å². The van der Waals surface area contributed by atoms with Crippen LogP contribution in [0.4, 0.5) is 0 Å². The van der Waals surface area contributed by atoms with Crippen molar-refractivity contribution in [1.82, 2.24) is 4.98 Å². The summed E-state index contributed by atoms with van der Waals surface area (Å²) < 4.78 is 11.1. The van der Waals surface area contributed by atoms with Gasteiger partial charge in [0.1, 0.15) is 0 Å². The van der Waals surface area contributed by atoms with Crippen LogP contribution in [-0.4, -0.2) is 30.2 Å². The summed E-state index contributed by atoms with van der Waals surface area (Å²) in [5, 5.41) is 2.46. The zero-order valence-electron chi connectivity index (χ0n) is 11.5. The van der Waals surface area contributed by atoms with E-state index in [1.807, 2.05) is 31.7 Å². The molecule has 1 aromatic heterocycles. The van der Waals surface area contributed by atoms with Crippen LogP contribution in [0.1, 0.15) is 20.3 Å². The lowest BCUT2D eigenvalue weighted by Crippen LogP contribution is -2.18. The monoisotopic (exact) mass is 279 g/mol. The van der Waals surface area contributed by atoms with Gasteiger partial charge in [-0.3, -0.25) is 0 Å². The van der Waals surface area contributed by atoms with E-state index in [0.717, 1.165) is 12.2 Å². The Labute approximate surface area is 118 Å². The lowest BCUT2D eigenvalue weighted by atomic mass is 10.3. The summed E-state index contributed by atoms with van der Waals surface area (Å²) in [4.78, 5) is 3.41. The number of nitrogens with one attached hydrogen (secondary N) is 1. The minimum absolute atomic E-state index is 0.0770. The van der Waals surface area contributed by atoms with Gasteiger partial charge in [0, 0.05) is 36.3 Å². The molecule has 0 bridgehead atoms. The summed E-state index contributed by atoms with van der Waals surface area (Å²) in [6.45, 7) is 5.39. The fraction of sp³-hybridized carbons (Fsp3) is 0.467. The molecule has 3 nitrogen and oxygen atoms in total. The zero-order chi connectivity index (χ0) is 13.5. The van der Waals surface area contributed by atoms with E-state index in [2.05, 4.69) is 29.2 Å². The molecule has 1 N–H and O–H groups in total. The Bertz CT molecular complexity index is 459. The summed E-state index contributed by atoms with van der Waals surface area (Å²) in [5.41, 5.74) is 1.19. The van der Waals surface area contributed by atoms with Gasteiger partial charge in [0.15, 0.2) is 6.29 Å². The fourth-order valence-electron chi connectivity index (χ4n) is 1.98. The van der Waals surface area contributed by atoms with E-state index < -0.39 is 0 Å². The maximum Gasteiger partial charge on any atom is 0.158 e. The Balaban J connectivity index is 1.84. The molecule has 0 radical (unpaired) electrons. The molecule has 1 aromatic carbocycles. The van der Waals surface area contributed by atoms with Crippen LogP contribution in [0.2, 0.25) is 0 Å². The second kappa shape index (κ2) is 7.58. The Kier molecular flexibility index (Phi) is 5.76. The number of benzene rings is 1. The van der Waals surface area contributed by atoms with E-state index in [0.29, 0.717) is 13.2 Å². The highest BCUT2D eigenvalue weighted by molar-refractivity contribution is 7.99. The zero-order valence-corrected chi connectivity index (χ0v) is 12.3. The van der Waals surface area contributed by atoms with Crippen LogP contribution in [0.15, 0.2) is 35.4 Å². The summed E-state index contributed by atoms with van der Waals surface area (Å²) in [5.74, 6) is 0.984. The summed E-state index contributed by atoms with van der Waals surface area (Å²) in [6.07, 6.45) is 0.828. The first kappa shape index (κ1) is 14.4. The van der Waals surface area contributed by atoms with Crippen molar-refractivity contribution in [2.75, 3.05) is 19.0 Å². The highest BCUT2D eigenvalue weighted by Gasteiger charge is 2.08. The normalized spacial score (nSPS) is 11.5. The Morgan fingerprint density at radius 1 is 1.16 bits per heavy atom. The predicted octanol–water partition coefficient (Wildman–Crippen LogP) is 4.05. The molecular formula is C15H21NO2S. The standard InChI is InChI=1S/C15H21NO2S/c1-3-17-15(18-4-2)9-10-19-14-11-12-7-5-6-8-13(12)16-14/h5-8,11,15-16H,3-4,9-10H2,1-2H3. The van der Waals surface area contributed by atoms with Crippen molar-refractivity contribution in [2.45, 2.75) is 31.6 Å². The van der Waals surface area contributed by atoms with Gasteiger partial charge in [-0.2, -0.15) is 0 Å². The number of hydrogen-bond donors (Lipinski definition) is 1. The minimum Gasteiger partial charge on any atom is -0.353 e. The molecule has 2 rings (SSSR count). The average molecular weight is 279 g/mol. The first-order chi connectivity index (χ1) is 9.33. The maximum absolute atomic E-state index is 5.53. The van der Waals surface area contributed by atoms with Gasteiger partial charge in [-0.15, -0.1) is 11.8 Å². The lowest BCUT2D eigenvalue weighted by molar-refractivity contribution is -0.136. The van der Waals surface area contributed by atoms with Gasteiger partial charge >= 0.3 is 0 Å². The smallest absolute Gasteiger partial charge is 0.158 e. The molecule has 0 aliphatic rings. The molecule has 0 unspecified atom stereocenters. The molecule has 0 aliphatic heterocycles. The van der Waals surface area contributed by atoms with Crippen molar-refractivity contribution in [3.05, 3.63) is 30.3 Å². The summed E-state index contributed by atoms with van der Waals surface area (Å²) in [6, 6.07) is 10.5. The highest BCUT2D eigenvalue weighted by Crippen LogP contribution is 2.24. The molecule has 0 spiro atoms. The third-order valence-corrected chi connectivity index (χ3v) is 3.79. The van der Waals surface area contributed by atoms with Crippen molar-refractivity contribution in [3.8, 4) is 0 Å². The number of para-hydroxylation sites is 1. The molecule has 104 valence electrons. The van der Waals surface area contributed by atoms with Gasteiger partial charge in [-0.25, -0.2) is 0 Å². The van der Waals surface area contributed by atoms with Crippen LogP contribution < -0.4 is 0 Å². The summed E-state index contributed by atoms with van der Waals surface area (Å²) in [7, 11) is 0. The van der Waals surface area contributed by atoms with E-state index in [4.69, 9.17) is 9.47 Å². The second-order valence-electron chi connectivity index (χ2n) is 4.20. The van der Waals surface area contributed by atoms with Crippen molar-refractivity contribution in [1.29, 1.82) is 0 Å². The largest absolute Gasteiger partial charge is 0.353 e. The van der Waals surface area contributed by atoms with E-state index in [1.54, 1.807) is 0 Å². The number of hydrogen-bond acceptors (Lipinski definition) is 3. The number of thioether (sulfide) groups is 1. The van der Waals surface area contributed by atoms with Gasteiger partial charge in [0.05, 0.1) is 5.03 Å². The van der Waals surface area contributed by atoms with Crippen LogP contribution in [0.3, 0.4) is 0 Å². The second-order valence-corrected chi connectivity index (χ2v) is 5.33. The molecule has 0 amide bonds. The fourth-order valence-corrected chi connectivity index (χ4v) is 2.90. The first-order valence-electron chi connectivity index (χ1n) is 6.77. The average Bonchev–Trinajstić information content (AvgIpc) is 2.82. The molecule has 0 atom stereocenters. The highest BCUT2D eigenvalue weighted by atomic mass is 32.2. The topological polar surface area (TPSA) is 34.2 Å². The van der Waals surface area contributed by atoms with E-state index in [-0.39, 0.29) is 6.29 Å². The number of rotatable bonds is 8. The number of aromatic amines is 1. The van der Waals surface area contributed by atoms with Crippen LogP contribution in [0, 0.1) is 0 Å². The van der Waals surface area contributed by atoms with Gasteiger partial charge < -0.3 is 14.5 Å². The van der Waals surface area contributed by atoms with Crippen molar-refractivity contribution >= 4 is 22.7 Å². The van der Waals surface area contributed by atoms with Crippen molar-refractivity contribution in [2.24, 2.45) is 0 Å². The molecule has 0 fully saturated rings. The molecule has 0 aliphatic carbocycles. The number of ether oxygens (including phenoxy) is 2. The third-order valence-electron chi connectivity index (χ3n) is 2.82. The maximum atomic E-state index is 5.53. The number of fused-ring (bicyclic) bond motifs is 1. The molecule has 0 saturated carbocycles. The molecule has 19 heavy (non-hydrogen) atoms. The Morgan fingerprint density at radius 3 is 2.58 bits per heavy atom. The molecular weight excluding hydrogens is 258 g/mol. The summed E-state index contributed by atoms with van der Waals surface area (Å²) >= 11 is 1.81. The Hall–Kier alpha value is -0.970. The van der Waals surface area contributed by atoms with Gasteiger partial charge in [-0.1, -0.05) is 18.2 Å². The quantitative estimate of drug-likeness (QED) is 0.585. The van der Waals surface area contributed by atoms with Crippen molar-refractivity contribution < 1.29 is 9.47 Å². The van der Waals surface area contributed by atoms with E-state index in [1.165, 1.54) is 15.9 Å².